The van der Waals surface area contributed by atoms with Crippen LogP contribution in [0.2, 0.25) is 10.0 Å². The maximum Gasteiger partial charge on any atom is 0.123 e. The van der Waals surface area contributed by atoms with Crippen LogP contribution in [0.3, 0.4) is 0 Å². The highest BCUT2D eigenvalue weighted by Gasteiger charge is 2.09. The Kier molecular flexibility index (Phi) is 7.53. The molecule has 3 aromatic carbocycles. The summed E-state index contributed by atoms with van der Waals surface area (Å²) in [6, 6.07) is 21.7. The highest BCUT2D eigenvalue weighted by atomic mass is 79.9. The fourth-order valence-electron chi connectivity index (χ4n) is 2.60. The van der Waals surface area contributed by atoms with E-state index in [4.69, 9.17) is 23.2 Å². The average molecular weight is 541 g/mol. The molecular formula is C23H15Br2Cl2F. The molecule has 0 aliphatic rings. The number of hydrogen-bond donors (Lipinski definition) is 0. The highest BCUT2D eigenvalue weighted by molar-refractivity contribution is 9.15. The Morgan fingerprint density at radius 3 is 1.86 bits per heavy atom. The van der Waals surface area contributed by atoms with Gasteiger partial charge in [-0.25, -0.2) is 4.39 Å². The van der Waals surface area contributed by atoms with Gasteiger partial charge in [0.2, 0.25) is 0 Å². The first-order valence-corrected chi connectivity index (χ1v) is 10.9. The van der Waals surface area contributed by atoms with Crippen LogP contribution in [-0.2, 0) is 0 Å². The molecule has 0 heterocycles. The van der Waals surface area contributed by atoms with Crippen LogP contribution in [0.5, 0.6) is 0 Å². The smallest absolute Gasteiger partial charge is 0.123 e. The summed E-state index contributed by atoms with van der Waals surface area (Å²) < 4.78 is 14.3. The Balaban J connectivity index is 2.01. The molecule has 0 fully saturated rings. The van der Waals surface area contributed by atoms with Gasteiger partial charge in [-0.05, 0) is 64.7 Å². The molecule has 0 nitrogen and oxygen atoms in total. The van der Waals surface area contributed by atoms with Crippen molar-refractivity contribution in [2.45, 2.75) is 4.83 Å². The van der Waals surface area contributed by atoms with Crippen molar-refractivity contribution in [3.05, 3.63) is 118 Å². The van der Waals surface area contributed by atoms with E-state index in [0.29, 0.717) is 10.0 Å². The highest BCUT2D eigenvalue weighted by Crippen LogP contribution is 2.33. The molecule has 1 unspecified atom stereocenters. The van der Waals surface area contributed by atoms with E-state index < -0.39 is 0 Å². The average Bonchev–Trinajstić information content (AvgIpc) is 2.69. The molecule has 0 amide bonds. The quantitative estimate of drug-likeness (QED) is 0.223. The zero-order valence-corrected chi connectivity index (χ0v) is 19.2. The van der Waals surface area contributed by atoms with Gasteiger partial charge < -0.3 is 0 Å². The maximum atomic E-state index is 13.4. The largest absolute Gasteiger partial charge is 0.207 e. The molecule has 142 valence electrons. The minimum Gasteiger partial charge on any atom is -0.207 e. The molecule has 28 heavy (non-hydrogen) atoms. The standard InChI is InChI=1S/C23H15Br2Cl2F/c24-22(16-1-7-19(26)8-2-16)13-18(15-5-11-21(28)12-6-15)14-23(25)17-3-9-20(27)10-4-17/h1-14,22H/b18-13-,23-14-. The van der Waals surface area contributed by atoms with Crippen molar-refractivity contribution in [1.29, 1.82) is 0 Å². The molecule has 3 rings (SSSR count). The van der Waals surface area contributed by atoms with Crippen molar-refractivity contribution in [1.82, 2.24) is 0 Å². The van der Waals surface area contributed by atoms with Gasteiger partial charge in [0.15, 0.2) is 0 Å². The van der Waals surface area contributed by atoms with E-state index >= 15 is 0 Å². The number of rotatable bonds is 5. The van der Waals surface area contributed by atoms with Gasteiger partial charge in [-0.1, -0.05) is 97.5 Å². The maximum absolute atomic E-state index is 13.4. The number of benzene rings is 3. The second-order valence-corrected chi connectivity index (χ2v) is 8.80. The number of halogens is 5. The van der Waals surface area contributed by atoms with E-state index in [2.05, 4.69) is 37.9 Å². The van der Waals surface area contributed by atoms with Gasteiger partial charge in [-0.2, -0.15) is 0 Å². The lowest BCUT2D eigenvalue weighted by atomic mass is 10.0. The van der Waals surface area contributed by atoms with Crippen molar-refractivity contribution in [2.75, 3.05) is 0 Å². The van der Waals surface area contributed by atoms with Crippen LogP contribution >= 0.6 is 55.1 Å². The Hall–Kier alpha value is -1.39. The summed E-state index contributed by atoms with van der Waals surface area (Å²) in [5, 5.41) is 1.37. The molecule has 0 saturated heterocycles. The molecule has 5 heteroatoms. The van der Waals surface area contributed by atoms with Crippen molar-refractivity contribution in [3.63, 3.8) is 0 Å². The van der Waals surface area contributed by atoms with Crippen molar-refractivity contribution < 1.29 is 4.39 Å². The molecular weight excluding hydrogens is 526 g/mol. The van der Waals surface area contributed by atoms with E-state index in [1.54, 1.807) is 12.1 Å². The van der Waals surface area contributed by atoms with Crippen LogP contribution in [0.15, 0.2) is 84.9 Å². The summed E-state index contributed by atoms with van der Waals surface area (Å²) in [6.45, 7) is 0. The first-order chi connectivity index (χ1) is 13.4. The minimum atomic E-state index is -0.267. The van der Waals surface area contributed by atoms with Crippen LogP contribution in [0.4, 0.5) is 4.39 Å². The van der Waals surface area contributed by atoms with Crippen molar-refractivity contribution in [3.8, 4) is 0 Å². The third kappa shape index (κ3) is 5.81. The number of alkyl halides is 1. The molecule has 0 aliphatic heterocycles. The summed E-state index contributed by atoms with van der Waals surface area (Å²) in [4.78, 5) is -0.0356. The molecule has 0 radical (unpaired) electrons. The van der Waals surface area contributed by atoms with Crippen molar-refractivity contribution >= 4 is 65.1 Å². The topological polar surface area (TPSA) is 0 Å². The second kappa shape index (κ2) is 9.89. The van der Waals surface area contributed by atoms with E-state index in [1.165, 1.54) is 12.1 Å². The second-order valence-electron chi connectivity index (χ2n) is 6.08. The zero-order chi connectivity index (χ0) is 20.1. The SMILES string of the molecule is Fc1ccc(C(/C=C(\Br)c2ccc(Cl)cc2)=C\C(Br)c2ccc(Cl)cc2)cc1. The Morgan fingerprint density at radius 2 is 1.29 bits per heavy atom. The van der Waals surface area contributed by atoms with Crippen LogP contribution < -0.4 is 0 Å². The van der Waals surface area contributed by atoms with Gasteiger partial charge in [0.05, 0.1) is 4.83 Å². The van der Waals surface area contributed by atoms with Gasteiger partial charge >= 0.3 is 0 Å². The first kappa shape index (κ1) is 21.3. The van der Waals surface area contributed by atoms with Crippen LogP contribution in [0.1, 0.15) is 21.5 Å². The fraction of sp³-hybridized carbons (Fsp3) is 0.0435. The van der Waals surface area contributed by atoms with E-state index in [0.717, 1.165) is 26.7 Å². The van der Waals surface area contributed by atoms with Gasteiger partial charge in [0.1, 0.15) is 5.82 Å². The van der Waals surface area contributed by atoms with E-state index in [9.17, 15) is 4.39 Å². The Morgan fingerprint density at radius 1 is 0.786 bits per heavy atom. The monoisotopic (exact) mass is 538 g/mol. The predicted octanol–water partition coefficient (Wildman–Crippen LogP) is 9.09. The Bertz CT molecular complexity index is 992. The van der Waals surface area contributed by atoms with E-state index in [1.807, 2.05) is 54.6 Å². The molecule has 3 aromatic rings. The summed E-state index contributed by atoms with van der Waals surface area (Å²) in [5.41, 5.74) is 3.92. The van der Waals surface area contributed by atoms with Gasteiger partial charge in [0, 0.05) is 14.5 Å². The summed E-state index contributed by atoms with van der Waals surface area (Å²) in [5.74, 6) is -0.267. The molecule has 0 bridgehead atoms. The van der Waals surface area contributed by atoms with Crippen LogP contribution in [-0.4, -0.2) is 0 Å². The lowest BCUT2D eigenvalue weighted by Crippen LogP contribution is -1.90. The van der Waals surface area contributed by atoms with Gasteiger partial charge in [0.25, 0.3) is 0 Å². The first-order valence-electron chi connectivity index (χ1n) is 8.43. The molecule has 0 saturated carbocycles. The lowest BCUT2D eigenvalue weighted by molar-refractivity contribution is 0.627. The zero-order valence-electron chi connectivity index (χ0n) is 14.6. The normalized spacial score (nSPS) is 13.5. The molecule has 0 aromatic heterocycles. The number of hydrogen-bond acceptors (Lipinski definition) is 0. The predicted molar refractivity (Wildman–Crippen MR) is 126 cm³/mol. The van der Waals surface area contributed by atoms with Crippen LogP contribution in [0, 0.1) is 5.82 Å². The van der Waals surface area contributed by atoms with Gasteiger partial charge in [-0.3, -0.25) is 0 Å². The fourth-order valence-corrected chi connectivity index (χ4v) is 3.95. The molecule has 0 aliphatic carbocycles. The minimum absolute atomic E-state index is 0.0356. The van der Waals surface area contributed by atoms with Gasteiger partial charge in [-0.15, -0.1) is 0 Å². The summed E-state index contributed by atoms with van der Waals surface area (Å²) in [6.07, 6.45) is 4.09. The van der Waals surface area contributed by atoms with Crippen molar-refractivity contribution in [2.24, 2.45) is 0 Å². The summed E-state index contributed by atoms with van der Waals surface area (Å²) >= 11 is 19.3. The molecule has 0 N–H and O–H groups in total. The number of allylic oxidation sites excluding steroid dienone is 3. The molecule has 1 atom stereocenters. The Labute approximate surface area is 190 Å². The third-order valence-electron chi connectivity index (χ3n) is 4.09. The lowest BCUT2D eigenvalue weighted by Gasteiger charge is -2.11. The van der Waals surface area contributed by atoms with E-state index in [-0.39, 0.29) is 10.6 Å². The summed E-state index contributed by atoms with van der Waals surface area (Å²) in [7, 11) is 0. The van der Waals surface area contributed by atoms with Crippen LogP contribution in [0.25, 0.3) is 10.1 Å². The third-order valence-corrected chi connectivity index (χ3v) is 6.08. The molecule has 0 spiro atoms.